The first-order valence-electron chi connectivity index (χ1n) is 6.77. The van der Waals surface area contributed by atoms with Gasteiger partial charge < -0.3 is 4.74 Å². The Morgan fingerprint density at radius 2 is 2.10 bits per heavy atom. The summed E-state index contributed by atoms with van der Waals surface area (Å²) in [4.78, 5) is 1.27. The predicted molar refractivity (Wildman–Crippen MR) is 84.3 cm³/mol. The maximum absolute atomic E-state index is 5.85. The van der Waals surface area contributed by atoms with Crippen LogP contribution >= 0.6 is 11.8 Å². The Balaban J connectivity index is 2.21. The molecule has 0 saturated carbocycles. The first-order chi connectivity index (χ1) is 9.85. The van der Waals surface area contributed by atoms with Crippen molar-refractivity contribution in [3.05, 3.63) is 59.2 Å². The first kappa shape index (κ1) is 13.1. The van der Waals surface area contributed by atoms with E-state index >= 15 is 0 Å². The fraction of sp³-hybridized carbons (Fsp3) is 0.222. The normalized spacial score (nSPS) is 16.5. The highest BCUT2D eigenvalue weighted by Gasteiger charge is 2.25. The molecule has 1 heterocycles. The van der Waals surface area contributed by atoms with E-state index in [4.69, 9.17) is 11.2 Å². The topological polar surface area (TPSA) is 9.23 Å². The van der Waals surface area contributed by atoms with Crippen molar-refractivity contribution < 1.29 is 4.74 Å². The second-order valence-corrected chi connectivity index (χ2v) is 5.71. The average molecular weight is 280 g/mol. The molecule has 0 saturated heterocycles. The number of thioether (sulfide) groups is 1. The van der Waals surface area contributed by atoms with Gasteiger partial charge in [0.15, 0.2) is 0 Å². The molecule has 1 atom stereocenters. The molecule has 0 spiro atoms. The van der Waals surface area contributed by atoms with E-state index in [1.54, 1.807) is 0 Å². The van der Waals surface area contributed by atoms with Gasteiger partial charge in [0, 0.05) is 16.2 Å². The van der Waals surface area contributed by atoms with Crippen LogP contribution < -0.4 is 4.74 Å². The highest BCUT2D eigenvalue weighted by molar-refractivity contribution is 7.98. The van der Waals surface area contributed by atoms with Gasteiger partial charge in [0.2, 0.25) is 0 Å². The monoisotopic (exact) mass is 280 g/mol. The number of hydrogen-bond donors (Lipinski definition) is 0. The van der Waals surface area contributed by atoms with E-state index in [0.717, 1.165) is 17.1 Å². The maximum atomic E-state index is 5.85. The Hall–Kier alpha value is -1.85. The van der Waals surface area contributed by atoms with Crippen molar-refractivity contribution in [2.75, 3.05) is 6.61 Å². The van der Waals surface area contributed by atoms with E-state index in [-0.39, 0.29) is 5.92 Å². The van der Waals surface area contributed by atoms with Gasteiger partial charge in [-0.3, -0.25) is 0 Å². The van der Waals surface area contributed by atoms with E-state index in [1.807, 2.05) is 30.8 Å². The largest absolute Gasteiger partial charge is 0.494 e. The summed E-state index contributed by atoms with van der Waals surface area (Å²) in [5.74, 6) is 4.79. The molecule has 1 nitrogen and oxygen atoms in total. The molecule has 1 aliphatic heterocycles. The van der Waals surface area contributed by atoms with E-state index in [9.17, 15) is 0 Å². The Bertz CT molecular complexity index is 669. The Kier molecular flexibility index (Phi) is 3.71. The summed E-state index contributed by atoms with van der Waals surface area (Å²) in [6.07, 6.45) is 5.85. The average Bonchev–Trinajstić information content (AvgIpc) is 2.65. The lowest BCUT2D eigenvalue weighted by Gasteiger charge is -2.18. The molecule has 1 aliphatic rings. The lowest BCUT2D eigenvalue weighted by Crippen LogP contribution is -2.05. The third-order valence-corrected chi connectivity index (χ3v) is 4.66. The minimum atomic E-state index is -0.0288. The van der Waals surface area contributed by atoms with Crippen molar-refractivity contribution >= 4 is 11.8 Å². The van der Waals surface area contributed by atoms with Gasteiger partial charge in [-0.05, 0) is 30.2 Å². The Labute approximate surface area is 124 Å². The molecule has 20 heavy (non-hydrogen) atoms. The van der Waals surface area contributed by atoms with Gasteiger partial charge in [-0.1, -0.05) is 36.3 Å². The third kappa shape index (κ3) is 2.19. The predicted octanol–water partition coefficient (Wildman–Crippen LogP) is 4.46. The number of terminal acetylenes is 1. The highest BCUT2D eigenvalue weighted by Crippen LogP contribution is 2.43. The van der Waals surface area contributed by atoms with Crippen molar-refractivity contribution in [2.45, 2.75) is 23.5 Å². The van der Waals surface area contributed by atoms with Crippen LogP contribution in [0, 0.1) is 12.3 Å². The van der Waals surface area contributed by atoms with Gasteiger partial charge in [-0.2, -0.15) is 0 Å². The lowest BCUT2D eigenvalue weighted by atomic mass is 9.88. The molecule has 0 aromatic heterocycles. The van der Waals surface area contributed by atoms with Gasteiger partial charge in [-0.15, -0.1) is 18.2 Å². The summed E-state index contributed by atoms with van der Waals surface area (Å²) in [7, 11) is 0. The summed E-state index contributed by atoms with van der Waals surface area (Å²) in [6.45, 7) is 2.66. The Morgan fingerprint density at radius 1 is 1.25 bits per heavy atom. The summed E-state index contributed by atoms with van der Waals surface area (Å²) >= 11 is 1.85. The van der Waals surface area contributed by atoms with E-state index < -0.39 is 0 Å². The van der Waals surface area contributed by atoms with E-state index in [1.165, 1.54) is 16.0 Å². The van der Waals surface area contributed by atoms with E-state index in [2.05, 4.69) is 36.3 Å². The van der Waals surface area contributed by atoms with Crippen molar-refractivity contribution in [2.24, 2.45) is 0 Å². The zero-order chi connectivity index (χ0) is 13.9. The molecule has 2 aromatic rings. The molecule has 0 aliphatic carbocycles. The van der Waals surface area contributed by atoms with Gasteiger partial charge in [-0.25, -0.2) is 0 Å². The highest BCUT2D eigenvalue weighted by atomic mass is 32.2. The van der Waals surface area contributed by atoms with Crippen LogP contribution in [0.1, 0.15) is 29.5 Å². The minimum Gasteiger partial charge on any atom is -0.494 e. The zero-order valence-electron chi connectivity index (χ0n) is 11.4. The second-order valence-electron chi connectivity index (χ2n) is 4.69. The van der Waals surface area contributed by atoms with Gasteiger partial charge in [0.25, 0.3) is 0 Å². The van der Waals surface area contributed by atoms with Crippen molar-refractivity contribution in [3.63, 3.8) is 0 Å². The summed E-state index contributed by atoms with van der Waals surface area (Å²) < 4.78 is 5.80. The zero-order valence-corrected chi connectivity index (χ0v) is 12.2. The van der Waals surface area contributed by atoms with Crippen LogP contribution in [0.5, 0.6) is 5.75 Å². The molecule has 0 unspecified atom stereocenters. The summed E-state index contributed by atoms with van der Waals surface area (Å²) in [6, 6.07) is 14.6. The fourth-order valence-corrected chi connectivity index (χ4v) is 3.75. The summed E-state index contributed by atoms with van der Waals surface area (Å²) in [5, 5.41) is 0. The van der Waals surface area contributed by atoms with Crippen LogP contribution in [0.4, 0.5) is 0 Å². The van der Waals surface area contributed by atoms with Gasteiger partial charge in [0.1, 0.15) is 5.75 Å². The van der Waals surface area contributed by atoms with Crippen molar-refractivity contribution in [1.29, 1.82) is 0 Å². The molecular weight excluding hydrogens is 264 g/mol. The SMILES string of the molecule is C#C[C@@H]1c2ccccc2SCc2cccc(OCC)c21. The van der Waals surface area contributed by atoms with Crippen LogP contribution in [0.3, 0.4) is 0 Å². The first-order valence-corrected chi connectivity index (χ1v) is 7.76. The van der Waals surface area contributed by atoms with Crippen molar-refractivity contribution in [3.8, 4) is 18.1 Å². The van der Waals surface area contributed by atoms with Crippen LogP contribution in [0.2, 0.25) is 0 Å². The van der Waals surface area contributed by atoms with Crippen LogP contribution in [0.25, 0.3) is 0 Å². The van der Waals surface area contributed by atoms with Crippen LogP contribution in [0.15, 0.2) is 47.4 Å². The maximum Gasteiger partial charge on any atom is 0.124 e. The Morgan fingerprint density at radius 3 is 2.90 bits per heavy atom. The molecule has 0 radical (unpaired) electrons. The molecule has 100 valence electrons. The number of ether oxygens (including phenoxy) is 1. The smallest absolute Gasteiger partial charge is 0.124 e. The van der Waals surface area contributed by atoms with E-state index in [0.29, 0.717) is 6.61 Å². The molecule has 0 fully saturated rings. The number of benzene rings is 2. The molecule has 2 aromatic carbocycles. The van der Waals surface area contributed by atoms with Gasteiger partial charge >= 0.3 is 0 Å². The molecular formula is C18H16OS. The number of fused-ring (bicyclic) bond motifs is 2. The standard InChI is InChI=1S/C18H16OS/c1-3-14-15-9-5-6-11-17(15)20-12-13-8-7-10-16(18(13)14)19-4-2/h1,5-11,14H,4,12H2,2H3/t14-/m1/s1. The van der Waals surface area contributed by atoms with Crippen molar-refractivity contribution in [1.82, 2.24) is 0 Å². The molecule has 0 bridgehead atoms. The summed E-state index contributed by atoms with van der Waals surface area (Å²) in [5.41, 5.74) is 3.65. The number of hydrogen-bond acceptors (Lipinski definition) is 2. The quantitative estimate of drug-likeness (QED) is 0.751. The number of rotatable bonds is 2. The molecule has 2 heteroatoms. The molecule has 3 rings (SSSR count). The minimum absolute atomic E-state index is 0.0288. The third-order valence-electron chi connectivity index (χ3n) is 3.52. The second kappa shape index (κ2) is 5.64. The molecule has 0 N–H and O–H groups in total. The van der Waals surface area contributed by atoms with Crippen LogP contribution in [-0.2, 0) is 5.75 Å². The van der Waals surface area contributed by atoms with Crippen LogP contribution in [-0.4, -0.2) is 6.61 Å². The fourth-order valence-electron chi connectivity index (χ4n) is 2.66. The molecule has 0 amide bonds. The van der Waals surface area contributed by atoms with Gasteiger partial charge in [0.05, 0.1) is 12.5 Å². The lowest BCUT2D eigenvalue weighted by molar-refractivity contribution is 0.336.